The van der Waals surface area contributed by atoms with Crippen molar-refractivity contribution in [3.05, 3.63) is 65.5 Å². The van der Waals surface area contributed by atoms with Crippen LogP contribution in [0.5, 0.6) is 5.75 Å². The molecule has 0 saturated heterocycles. The predicted octanol–water partition coefficient (Wildman–Crippen LogP) is 3.75. The topological polar surface area (TPSA) is 26.3 Å². The van der Waals surface area contributed by atoms with Crippen LogP contribution in [-0.4, -0.2) is 11.9 Å². The Morgan fingerprint density at radius 2 is 1.75 bits per heavy atom. The summed E-state index contributed by atoms with van der Waals surface area (Å²) >= 11 is 0. The minimum atomic E-state index is -1.02. The molecule has 1 unspecified atom stereocenters. The van der Waals surface area contributed by atoms with Gasteiger partial charge in [0, 0.05) is 12.1 Å². The molecule has 0 saturated carbocycles. The smallest absolute Gasteiger partial charge is 0.205 e. The van der Waals surface area contributed by atoms with Gasteiger partial charge in [0.25, 0.3) is 0 Å². The lowest BCUT2D eigenvalue weighted by Gasteiger charge is -2.14. The molecule has 0 aliphatic rings. The van der Waals surface area contributed by atoms with Crippen LogP contribution in [0.2, 0.25) is 0 Å². The van der Waals surface area contributed by atoms with Gasteiger partial charge >= 0.3 is 0 Å². The van der Waals surface area contributed by atoms with Crippen LogP contribution in [0.15, 0.2) is 42.5 Å². The van der Waals surface area contributed by atoms with Crippen molar-refractivity contribution < 1.29 is 22.7 Å². The molecular weight excluding hydrogens is 269 g/mol. The van der Waals surface area contributed by atoms with Gasteiger partial charge in [0.1, 0.15) is 23.2 Å². The average molecular weight is 280 g/mol. The first-order valence-electron chi connectivity index (χ1n) is 5.89. The molecule has 104 valence electrons. The second-order valence-corrected chi connectivity index (χ2v) is 4.21. The third-order valence-corrected chi connectivity index (χ3v) is 2.67. The Bertz CT molecular complexity index is 641. The van der Waals surface area contributed by atoms with Crippen molar-refractivity contribution in [2.45, 2.75) is 13.0 Å². The lowest BCUT2D eigenvalue weighted by molar-refractivity contribution is 0.0813. The van der Waals surface area contributed by atoms with Crippen LogP contribution in [0.25, 0.3) is 0 Å². The Labute approximate surface area is 113 Å². The second kappa shape index (κ2) is 5.77. The molecule has 0 N–H and O–H groups in total. The molecule has 2 nitrogen and oxygen atoms in total. The molecule has 0 aromatic heterocycles. The molecule has 0 aliphatic carbocycles. The van der Waals surface area contributed by atoms with Gasteiger partial charge in [-0.2, -0.15) is 0 Å². The molecule has 0 spiro atoms. The minimum Gasteiger partial charge on any atom is -0.482 e. The Balaban J connectivity index is 2.16. The number of rotatable bonds is 4. The second-order valence-electron chi connectivity index (χ2n) is 4.21. The van der Waals surface area contributed by atoms with Gasteiger partial charge in [-0.15, -0.1) is 0 Å². The largest absolute Gasteiger partial charge is 0.482 e. The van der Waals surface area contributed by atoms with Crippen molar-refractivity contribution in [2.24, 2.45) is 0 Å². The number of hydrogen-bond acceptors (Lipinski definition) is 2. The van der Waals surface area contributed by atoms with Gasteiger partial charge in [-0.3, -0.25) is 4.79 Å². The highest BCUT2D eigenvalue weighted by atomic mass is 19.1. The van der Waals surface area contributed by atoms with Crippen LogP contribution in [0.3, 0.4) is 0 Å². The summed E-state index contributed by atoms with van der Waals surface area (Å²) in [5.41, 5.74) is -0.268. The zero-order valence-electron chi connectivity index (χ0n) is 10.6. The lowest BCUT2D eigenvalue weighted by atomic mass is 10.1. The van der Waals surface area contributed by atoms with Crippen LogP contribution in [0.4, 0.5) is 13.2 Å². The molecule has 0 heterocycles. The van der Waals surface area contributed by atoms with E-state index in [1.807, 2.05) is 0 Å². The first-order chi connectivity index (χ1) is 9.47. The average Bonchev–Trinajstić information content (AvgIpc) is 2.38. The van der Waals surface area contributed by atoms with E-state index in [9.17, 15) is 18.0 Å². The summed E-state index contributed by atoms with van der Waals surface area (Å²) in [4.78, 5) is 12.0. The van der Waals surface area contributed by atoms with E-state index < -0.39 is 29.3 Å². The Hall–Kier alpha value is -2.30. The molecule has 2 aromatic rings. The van der Waals surface area contributed by atoms with Crippen LogP contribution in [0, 0.1) is 17.5 Å². The summed E-state index contributed by atoms with van der Waals surface area (Å²) < 4.78 is 44.5. The van der Waals surface area contributed by atoms with Gasteiger partial charge in [-0.05, 0) is 31.2 Å². The van der Waals surface area contributed by atoms with Gasteiger partial charge in [0.2, 0.25) is 5.78 Å². The molecule has 20 heavy (non-hydrogen) atoms. The number of halogens is 3. The molecule has 0 radical (unpaired) electrons. The Kier molecular flexibility index (Phi) is 4.08. The number of carbonyl (C=O) groups is 1. The molecule has 0 amide bonds. The summed E-state index contributed by atoms with van der Waals surface area (Å²) in [5.74, 6) is -2.71. The zero-order chi connectivity index (χ0) is 14.7. The van der Waals surface area contributed by atoms with Crippen molar-refractivity contribution in [1.29, 1.82) is 0 Å². The fourth-order valence-corrected chi connectivity index (χ4v) is 1.71. The number of ketones is 1. The fourth-order valence-electron chi connectivity index (χ4n) is 1.71. The molecule has 1 atom stereocenters. The van der Waals surface area contributed by atoms with Crippen LogP contribution >= 0.6 is 0 Å². The standard InChI is InChI=1S/C15H11F3O2/c1-9(20-12-4-2-3-10(16)7-12)15(19)13-6-5-11(17)8-14(13)18/h2-9H,1H3. The maximum absolute atomic E-state index is 13.5. The van der Waals surface area contributed by atoms with Crippen LogP contribution < -0.4 is 4.74 Å². The van der Waals surface area contributed by atoms with E-state index in [1.165, 1.54) is 25.1 Å². The van der Waals surface area contributed by atoms with Gasteiger partial charge in [-0.25, -0.2) is 13.2 Å². The quantitative estimate of drug-likeness (QED) is 0.797. The Morgan fingerprint density at radius 1 is 1.05 bits per heavy atom. The fraction of sp³-hybridized carbons (Fsp3) is 0.133. The highest BCUT2D eigenvalue weighted by Gasteiger charge is 2.20. The minimum absolute atomic E-state index is 0.161. The van der Waals surface area contributed by atoms with Gasteiger partial charge in [0.05, 0.1) is 5.56 Å². The lowest BCUT2D eigenvalue weighted by Crippen LogP contribution is -2.24. The van der Waals surface area contributed by atoms with Crippen molar-refractivity contribution in [2.75, 3.05) is 0 Å². The van der Waals surface area contributed by atoms with Gasteiger partial charge in [0.15, 0.2) is 6.10 Å². The number of benzene rings is 2. The number of carbonyl (C=O) groups excluding carboxylic acids is 1. The number of Topliss-reactive ketones (excluding diaryl/α,β-unsaturated/α-hetero) is 1. The van der Waals surface area contributed by atoms with Crippen molar-refractivity contribution in [3.8, 4) is 5.75 Å². The van der Waals surface area contributed by atoms with E-state index in [0.29, 0.717) is 6.07 Å². The molecule has 2 aromatic carbocycles. The van der Waals surface area contributed by atoms with Crippen molar-refractivity contribution in [1.82, 2.24) is 0 Å². The van der Waals surface area contributed by atoms with Crippen molar-refractivity contribution in [3.63, 3.8) is 0 Å². The number of hydrogen-bond donors (Lipinski definition) is 0. The van der Waals surface area contributed by atoms with Crippen LogP contribution in [-0.2, 0) is 0 Å². The van der Waals surface area contributed by atoms with E-state index in [-0.39, 0.29) is 11.3 Å². The number of ether oxygens (including phenoxy) is 1. The third-order valence-electron chi connectivity index (χ3n) is 2.67. The zero-order valence-corrected chi connectivity index (χ0v) is 10.6. The molecular formula is C15H11F3O2. The van der Waals surface area contributed by atoms with E-state index in [2.05, 4.69) is 0 Å². The van der Waals surface area contributed by atoms with Gasteiger partial charge in [-0.1, -0.05) is 6.07 Å². The normalized spacial score (nSPS) is 12.0. The van der Waals surface area contributed by atoms with E-state index in [4.69, 9.17) is 4.74 Å². The SMILES string of the molecule is CC(Oc1cccc(F)c1)C(=O)c1ccc(F)cc1F. The van der Waals surface area contributed by atoms with Gasteiger partial charge < -0.3 is 4.74 Å². The maximum Gasteiger partial charge on any atom is 0.205 e. The van der Waals surface area contributed by atoms with Crippen molar-refractivity contribution >= 4 is 5.78 Å². The molecule has 5 heteroatoms. The summed E-state index contributed by atoms with van der Waals surface area (Å²) in [5, 5.41) is 0. The van der Waals surface area contributed by atoms with Crippen LogP contribution in [0.1, 0.15) is 17.3 Å². The maximum atomic E-state index is 13.5. The van der Waals surface area contributed by atoms with E-state index in [1.54, 1.807) is 0 Å². The highest BCUT2D eigenvalue weighted by Crippen LogP contribution is 2.17. The predicted molar refractivity (Wildman–Crippen MR) is 67.2 cm³/mol. The Morgan fingerprint density at radius 3 is 2.40 bits per heavy atom. The molecule has 0 fully saturated rings. The van der Waals surface area contributed by atoms with E-state index >= 15 is 0 Å². The highest BCUT2D eigenvalue weighted by molar-refractivity contribution is 5.99. The summed E-state index contributed by atoms with van der Waals surface area (Å²) in [6, 6.07) is 7.93. The monoisotopic (exact) mass is 280 g/mol. The summed E-state index contributed by atoms with van der Waals surface area (Å²) in [6.45, 7) is 1.41. The first-order valence-corrected chi connectivity index (χ1v) is 5.89. The summed E-state index contributed by atoms with van der Waals surface area (Å²) in [6.07, 6.45) is -1.02. The van der Waals surface area contributed by atoms with E-state index in [0.717, 1.165) is 18.2 Å². The summed E-state index contributed by atoms with van der Waals surface area (Å²) in [7, 11) is 0. The molecule has 2 rings (SSSR count). The molecule has 0 aliphatic heterocycles. The molecule has 0 bridgehead atoms. The first kappa shape index (κ1) is 14.1. The third kappa shape index (κ3) is 3.17.